The van der Waals surface area contributed by atoms with Crippen LogP contribution in [-0.2, 0) is 9.59 Å². The number of aliphatic carboxylic acids is 1. The van der Waals surface area contributed by atoms with Gasteiger partial charge in [-0.1, -0.05) is 0 Å². The van der Waals surface area contributed by atoms with E-state index in [1.165, 1.54) is 0 Å². The second kappa shape index (κ2) is 7.28. The van der Waals surface area contributed by atoms with Gasteiger partial charge in [-0.15, -0.1) is 0 Å². The molecule has 1 atom stereocenters. The van der Waals surface area contributed by atoms with Crippen molar-refractivity contribution in [2.75, 3.05) is 32.7 Å². The van der Waals surface area contributed by atoms with Gasteiger partial charge >= 0.3 is 12.0 Å². The molecule has 7 nitrogen and oxygen atoms in total. The molecule has 3 amide bonds. The van der Waals surface area contributed by atoms with E-state index >= 15 is 0 Å². The Morgan fingerprint density at radius 3 is 2.38 bits per heavy atom. The smallest absolute Gasteiger partial charge is 0.317 e. The van der Waals surface area contributed by atoms with Gasteiger partial charge in [0.2, 0.25) is 5.91 Å². The summed E-state index contributed by atoms with van der Waals surface area (Å²) >= 11 is 0. The van der Waals surface area contributed by atoms with Gasteiger partial charge in [-0.3, -0.25) is 9.59 Å². The zero-order chi connectivity index (χ0) is 15.2. The van der Waals surface area contributed by atoms with Crippen LogP contribution in [0.4, 0.5) is 4.79 Å². The van der Waals surface area contributed by atoms with E-state index < -0.39 is 5.97 Å². The average molecular weight is 297 g/mol. The van der Waals surface area contributed by atoms with Crippen LogP contribution in [0.25, 0.3) is 0 Å². The zero-order valence-corrected chi connectivity index (χ0v) is 12.2. The molecule has 0 saturated carbocycles. The first-order valence-corrected chi connectivity index (χ1v) is 7.58. The van der Waals surface area contributed by atoms with Gasteiger partial charge in [-0.25, -0.2) is 4.79 Å². The maximum absolute atomic E-state index is 12.0. The predicted octanol–water partition coefficient (Wildman–Crippen LogP) is 0.505. The molecule has 0 bridgehead atoms. The number of carbonyl (C=O) groups is 3. The normalized spacial score (nSPS) is 22.2. The molecule has 2 saturated heterocycles. The van der Waals surface area contributed by atoms with E-state index in [1.807, 2.05) is 0 Å². The van der Waals surface area contributed by atoms with E-state index in [2.05, 4.69) is 5.32 Å². The molecule has 0 spiro atoms. The van der Waals surface area contributed by atoms with Gasteiger partial charge in [0.15, 0.2) is 0 Å². The Morgan fingerprint density at radius 1 is 1.05 bits per heavy atom. The van der Waals surface area contributed by atoms with E-state index in [0.717, 1.165) is 38.8 Å². The lowest BCUT2D eigenvalue weighted by Crippen LogP contribution is -2.48. The van der Waals surface area contributed by atoms with Crippen LogP contribution >= 0.6 is 0 Å². The number of piperidine rings is 1. The Kier molecular flexibility index (Phi) is 5.41. The van der Waals surface area contributed by atoms with E-state index in [-0.39, 0.29) is 30.8 Å². The highest BCUT2D eigenvalue weighted by atomic mass is 16.4. The highest BCUT2D eigenvalue weighted by molar-refractivity contribution is 5.84. The van der Waals surface area contributed by atoms with E-state index in [0.29, 0.717) is 13.1 Å². The number of rotatable bonds is 4. The fourth-order valence-electron chi connectivity index (χ4n) is 3.00. The highest BCUT2D eigenvalue weighted by Crippen LogP contribution is 2.19. The minimum absolute atomic E-state index is 0.0104. The fraction of sp³-hybridized carbons (Fsp3) is 0.786. The summed E-state index contributed by atoms with van der Waals surface area (Å²) < 4.78 is 0. The zero-order valence-electron chi connectivity index (χ0n) is 12.2. The lowest BCUT2D eigenvalue weighted by molar-refractivity contribution is -0.138. The first-order chi connectivity index (χ1) is 10.1. The number of amides is 3. The van der Waals surface area contributed by atoms with Crippen LogP contribution in [0.5, 0.6) is 0 Å². The largest absolute Gasteiger partial charge is 0.481 e. The molecule has 0 aliphatic carbocycles. The Morgan fingerprint density at radius 2 is 1.71 bits per heavy atom. The summed E-state index contributed by atoms with van der Waals surface area (Å²) in [4.78, 5) is 38.0. The third-order valence-electron chi connectivity index (χ3n) is 4.12. The van der Waals surface area contributed by atoms with Crippen molar-refractivity contribution >= 4 is 17.9 Å². The van der Waals surface area contributed by atoms with Crippen molar-refractivity contribution in [1.29, 1.82) is 0 Å². The summed E-state index contributed by atoms with van der Waals surface area (Å²) in [6.07, 6.45) is 3.80. The summed E-state index contributed by atoms with van der Waals surface area (Å²) in [5, 5.41) is 11.5. The Balaban J connectivity index is 1.74. The lowest BCUT2D eigenvalue weighted by Gasteiger charge is -2.32. The molecule has 118 valence electrons. The summed E-state index contributed by atoms with van der Waals surface area (Å²) in [6.45, 7) is 2.66. The Bertz CT molecular complexity index is 407. The highest BCUT2D eigenvalue weighted by Gasteiger charge is 2.26. The molecule has 2 N–H and O–H groups in total. The van der Waals surface area contributed by atoms with Crippen molar-refractivity contribution in [3.05, 3.63) is 0 Å². The molecule has 2 aliphatic rings. The predicted molar refractivity (Wildman–Crippen MR) is 75.8 cm³/mol. The van der Waals surface area contributed by atoms with E-state index in [1.54, 1.807) is 9.80 Å². The first-order valence-electron chi connectivity index (χ1n) is 7.58. The molecule has 0 radical (unpaired) electrons. The molecule has 0 aromatic heterocycles. The van der Waals surface area contributed by atoms with Gasteiger partial charge in [0.05, 0.1) is 6.54 Å². The van der Waals surface area contributed by atoms with Gasteiger partial charge in [0.25, 0.3) is 0 Å². The number of carboxylic acid groups (broad SMARTS) is 1. The maximum atomic E-state index is 12.0. The number of likely N-dealkylation sites (tertiary alicyclic amines) is 2. The van der Waals surface area contributed by atoms with Crippen molar-refractivity contribution in [2.24, 2.45) is 5.92 Å². The molecule has 2 aliphatic heterocycles. The molecule has 1 unspecified atom stereocenters. The molecular weight excluding hydrogens is 274 g/mol. The second-order valence-electron chi connectivity index (χ2n) is 5.80. The van der Waals surface area contributed by atoms with Crippen LogP contribution in [0.2, 0.25) is 0 Å². The Labute approximate surface area is 124 Å². The van der Waals surface area contributed by atoms with Crippen molar-refractivity contribution in [2.45, 2.75) is 32.1 Å². The Hall–Kier alpha value is -1.79. The first kappa shape index (κ1) is 15.6. The molecule has 21 heavy (non-hydrogen) atoms. The third-order valence-corrected chi connectivity index (χ3v) is 4.12. The summed E-state index contributed by atoms with van der Waals surface area (Å²) in [5.74, 6) is -0.859. The summed E-state index contributed by atoms with van der Waals surface area (Å²) in [7, 11) is 0. The minimum atomic E-state index is -0.827. The van der Waals surface area contributed by atoms with Crippen molar-refractivity contribution in [1.82, 2.24) is 15.1 Å². The number of carbonyl (C=O) groups excluding carboxylic acids is 2. The van der Waals surface area contributed by atoms with Gasteiger partial charge in [0, 0.05) is 32.6 Å². The van der Waals surface area contributed by atoms with Crippen LogP contribution in [0, 0.1) is 5.92 Å². The average Bonchev–Trinajstić information content (AvgIpc) is 2.98. The number of urea groups is 1. The van der Waals surface area contributed by atoms with Crippen molar-refractivity contribution in [3.63, 3.8) is 0 Å². The van der Waals surface area contributed by atoms with Crippen LogP contribution in [0.1, 0.15) is 32.1 Å². The van der Waals surface area contributed by atoms with Crippen LogP contribution < -0.4 is 5.32 Å². The number of hydrogen-bond acceptors (Lipinski definition) is 3. The third kappa shape index (κ3) is 4.61. The van der Waals surface area contributed by atoms with Crippen molar-refractivity contribution in [3.8, 4) is 0 Å². The second-order valence-corrected chi connectivity index (χ2v) is 5.80. The summed E-state index contributed by atoms with van der Waals surface area (Å²) in [6, 6.07) is -0.266. The molecule has 2 fully saturated rings. The summed E-state index contributed by atoms with van der Waals surface area (Å²) in [5.41, 5.74) is 0. The van der Waals surface area contributed by atoms with Crippen LogP contribution in [-0.4, -0.2) is 65.5 Å². The topological polar surface area (TPSA) is 90.0 Å². The number of carboxylic acids is 1. The minimum Gasteiger partial charge on any atom is -0.481 e. The number of hydrogen-bond donors (Lipinski definition) is 2. The quantitative estimate of drug-likeness (QED) is 0.791. The molecule has 2 rings (SSSR count). The standard InChI is InChI=1S/C14H23N3O4/c18-12(16-5-1-2-6-16)9-15-14(21)17-7-3-4-11(10-17)8-13(19)20/h11H,1-10H2,(H,15,21)(H,19,20). The van der Waals surface area contributed by atoms with Crippen LogP contribution in [0.15, 0.2) is 0 Å². The van der Waals surface area contributed by atoms with Gasteiger partial charge in [-0.2, -0.15) is 0 Å². The van der Waals surface area contributed by atoms with E-state index in [9.17, 15) is 14.4 Å². The molecule has 7 heteroatoms. The van der Waals surface area contributed by atoms with E-state index in [4.69, 9.17) is 5.11 Å². The number of nitrogens with zero attached hydrogens (tertiary/aromatic N) is 2. The van der Waals surface area contributed by atoms with Gasteiger partial charge in [-0.05, 0) is 31.6 Å². The lowest BCUT2D eigenvalue weighted by atomic mass is 9.95. The van der Waals surface area contributed by atoms with Crippen LogP contribution in [0.3, 0.4) is 0 Å². The molecule has 2 heterocycles. The maximum Gasteiger partial charge on any atom is 0.317 e. The molecule has 0 aromatic carbocycles. The monoisotopic (exact) mass is 297 g/mol. The SMILES string of the molecule is O=C(O)CC1CCCN(C(=O)NCC(=O)N2CCCC2)C1. The molecular formula is C14H23N3O4. The van der Waals surface area contributed by atoms with Crippen molar-refractivity contribution < 1.29 is 19.5 Å². The number of nitrogens with one attached hydrogen (secondary N) is 1. The fourth-order valence-corrected chi connectivity index (χ4v) is 3.00. The van der Waals surface area contributed by atoms with Gasteiger partial charge < -0.3 is 20.2 Å². The molecule has 0 aromatic rings. The van der Waals surface area contributed by atoms with Gasteiger partial charge in [0.1, 0.15) is 0 Å².